The molecule has 0 aromatic carbocycles. The molecule has 0 aliphatic heterocycles. The first-order valence-electron chi connectivity index (χ1n) is 5.60. The van der Waals surface area contributed by atoms with Crippen LogP contribution in [0.25, 0.3) is 0 Å². The lowest BCUT2D eigenvalue weighted by molar-refractivity contribution is 0.587. The van der Waals surface area contributed by atoms with Crippen LogP contribution in [0.3, 0.4) is 0 Å². The zero-order chi connectivity index (χ0) is 11.3. The van der Waals surface area contributed by atoms with Crippen molar-refractivity contribution in [3.63, 3.8) is 0 Å². The van der Waals surface area contributed by atoms with Gasteiger partial charge in [-0.25, -0.2) is 4.98 Å². The lowest BCUT2D eigenvalue weighted by Crippen LogP contribution is -2.31. The van der Waals surface area contributed by atoms with Gasteiger partial charge in [-0.05, 0) is 25.0 Å². The van der Waals surface area contributed by atoms with Gasteiger partial charge in [0.1, 0.15) is 11.6 Å². The minimum atomic E-state index is 0.574. The van der Waals surface area contributed by atoms with Crippen LogP contribution >= 0.6 is 0 Å². The SMILES string of the molecule is CCC(CC)N(C)c1cccc(NC)n1. The minimum Gasteiger partial charge on any atom is -0.373 e. The number of hydrogen-bond donors (Lipinski definition) is 1. The van der Waals surface area contributed by atoms with Gasteiger partial charge in [0.05, 0.1) is 0 Å². The summed E-state index contributed by atoms with van der Waals surface area (Å²) in [5.74, 6) is 1.96. The Kier molecular flexibility index (Phi) is 4.40. The second kappa shape index (κ2) is 5.59. The third-order valence-corrected chi connectivity index (χ3v) is 2.84. The number of aromatic nitrogens is 1. The van der Waals surface area contributed by atoms with Crippen molar-refractivity contribution in [1.82, 2.24) is 4.98 Å². The number of rotatable bonds is 5. The van der Waals surface area contributed by atoms with Crippen molar-refractivity contribution in [3.05, 3.63) is 18.2 Å². The summed E-state index contributed by atoms with van der Waals surface area (Å²) in [5, 5.41) is 3.06. The molecule has 1 N–H and O–H groups in total. The fourth-order valence-corrected chi connectivity index (χ4v) is 1.78. The fourth-order valence-electron chi connectivity index (χ4n) is 1.78. The molecule has 1 heterocycles. The van der Waals surface area contributed by atoms with Crippen LogP contribution in [0.2, 0.25) is 0 Å². The number of nitrogens with one attached hydrogen (secondary N) is 1. The van der Waals surface area contributed by atoms with Crippen LogP contribution in [0.1, 0.15) is 26.7 Å². The van der Waals surface area contributed by atoms with E-state index >= 15 is 0 Å². The third kappa shape index (κ3) is 2.85. The van der Waals surface area contributed by atoms with Gasteiger partial charge >= 0.3 is 0 Å². The summed E-state index contributed by atoms with van der Waals surface area (Å²) in [7, 11) is 4.00. The molecule has 0 spiro atoms. The van der Waals surface area contributed by atoms with E-state index in [2.05, 4.69) is 42.2 Å². The van der Waals surface area contributed by atoms with Crippen LogP contribution in [0, 0.1) is 0 Å². The molecule has 1 aromatic rings. The average Bonchev–Trinajstić information content (AvgIpc) is 2.30. The number of hydrogen-bond acceptors (Lipinski definition) is 3. The Morgan fingerprint density at radius 3 is 2.53 bits per heavy atom. The second-order valence-electron chi connectivity index (χ2n) is 3.71. The summed E-state index contributed by atoms with van der Waals surface area (Å²) in [4.78, 5) is 6.77. The summed E-state index contributed by atoms with van der Waals surface area (Å²) in [6.07, 6.45) is 2.30. The van der Waals surface area contributed by atoms with Crippen molar-refractivity contribution in [3.8, 4) is 0 Å². The van der Waals surface area contributed by atoms with Crippen molar-refractivity contribution < 1.29 is 0 Å². The Bertz CT molecular complexity index is 295. The molecule has 0 amide bonds. The summed E-state index contributed by atoms with van der Waals surface area (Å²) in [6, 6.07) is 6.64. The maximum atomic E-state index is 4.52. The molecule has 1 rings (SSSR count). The second-order valence-corrected chi connectivity index (χ2v) is 3.71. The van der Waals surface area contributed by atoms with Crippen LogP contribution in [-0.4, -0.2) is 25.1 Å². The van der Waals surface area contributed by atoms with Crippen LogP contribution in [-0.2, 0) is 0 Å². The van der Waals surface area contributed by atoms with Gasteiger partial charge in [0.2, 0.25) is 0 Å². The Labute approximate surface area is 92.5 Å². The average molecular weight is 207 g/mol. The Hall–Kier alpha value is -1.25. The van der Waals surface area contributed by atoms with Crippen LogP contribution in [0.4, 0.5) is 11.6 Å². The van der Waals surface area contributed by atoms with Gasteiger partial charge in [0, 0.05) is 20.1 Å². The molecule has 15 heavy (non-hydrogen) atoms. The van der Waals surface area contributed by atoms with Gasteiger partial charge in [-0.3, -0.25) is 0 Å². The number of pyridine rings is 1. The summed E-state index contributed by atoms with van der Waals surface area (Å²) in [5.41, 5.74) is 0. The van der Waals surface area contributed by atoms with Gasteiger partial charge in [-0.1, -0.05) is 19.9 Å². The standard InChI is InChI=1S/C12H21N3/c1-5-10(6-2)15(4)12-9-7-8-11(13-3)14-12/h7-10H,5-6H2,1-4H3,(H,13,14). The van der Waals surface area contributed by atoms with E-state index in [0.29, 0.717) is 6.04 Å². The monoisotopic (exact) mass is 207 g/mol. The normalized spacial score (nSPS) is 10.5. The summed E-state index contributed by atoms with van der Waals surface area (Å²) >= 11 is 0. The van der Waals surface area contributed by atoms with E-state index in [1.807, 2.05) is 19.2 Å². The molecule has 0 aliphatic carbocycles. The zero-order valence-corrected chi connectivity index (χ0v) is 10.1. The molecule has 0 atom stereocenters. The van der Waals surface area contributed by atoms with E-state index in [1.165, 1.54) is 0 Å². The van der Waals surface area contributed by atoms with Crippen LogP contribution in [0.5, 0.6) is 0 Å². The van der Waals surface area contributed by atoms with E-state index < -0.39 is 0 Å². The third-order valence-electron chi connectivity index (χ3n) is 2.84. The van der Waals surface area contributed by atoms with E-state index in [4.69, 9.17) is 0 Å². The Morgan fingerprint density at radius 1 is 1.33 bits per heavy atom. The highest BCUT2D eigenvalue weighted by Gasteiger charge is 2.11. The molecule has 3 nitrogen and oxygen atoms in total. The molecular weight excluding hydrogens is 186 g/mol. The summed E-state index contributed by atoms with van der Waals surface area (Å²) in [6.45, 7) is 4.43. The van der Waals surface area contributed by atoms with Gasteiger partial charge in [-0.15, -0.1) is 0 Å². The molecule has 0 aliphatic rings. The first kappa shape index (κ1) is 11.8. The quantitative estimate of drug-likeness (QED) is 0.804. The van der Waals surface area contributed by atoms with Gasteiger partial charge < -0.3 is 10.2 Å². The lowest BCUT2D eigenvalue weighted by Gasteiger charge is -2.27. The topological polar surface area (TPSA) is 28.2 Å². The van der Waals surface area contributed by atoms with Crippen molar-refractivity contribution in [1.29, 1.82) is 0 Å². The number of anilines is 2. The first-order chi connectivity index (χ1) is 7.22. The van der Waals surface area contributed by atoms with E-state index in [1.54, 1.807) is 0 Å². The maximum absolute atomic E-state index is 4.52. The van der Waals surface area contributed by atoms with E-state index in [9.17, 15) is 0 Å². The Balaban J connectivity index is 2.84. The van der Waals surface area contributed by atoms with E-state index in [0.717, 1.165) is 24.5 Å². The largest absolute Gasteiger partial charge is 0.373 e. The molecule has 0 unspecified atom stereocenters. The molecule has 1 aromatic heterocycles. The van der Waals surface area contributed by atoms with Crippen LogP contribution < -0.4 is 10.2 Å². The highest BCUT2D eigenvalue weighted by Crippen LogP contribution is 2.17. The van der Waals surface area contributed by atoms with Crippen molar-refractivity contribution in [2.24, 2.45) is 0 Å². The molecule has 84 valence electrons. The fraction of sp³-hybridized carbons (Fsp3) is 0.583. The summed E-state index contributed by atoms with van der Waals surface area (Å²) < 4.78 is 0. The predicted octanol–water partition coefficient (Wildman–Crippen LogP) is 2.75. The van der Waals surface area contributed by atoms with Crippen molar-refractivity contribution in [2.45, 2.75) is 32.7 Å². The number of nitrogens with zero attached hydrogens (tertiary/aromatic N) is 2. The van der Waals surface area contributed by atoms with Crippen molar-refractivity contribution in [2.75, 3.05) is 24.3 Å². The minimum absolute atomic E-state index is 0.574. The predicted molar refractivity (Wildman–Crippen MR) is 66.6 cm³/mol. The molecule has 0 saturated carbocycles. The highest BCUT2D eigenvalue weighted by molar-refractivity contribution is 5.46. The molecule has 0 fully saturated rings. The molecule has 3 heteroatoms. The molecule has 0 radical (unpaired) electrons. The Morgan fingerprint density at radius 2 is 2.00 bits per heavy atom. The highest BCUT2D eigenvalue weighted by atomic mass is 15.2. The molecule has 0 saturated heterocycles. The maximum Gasteiger partial charge on any atom is 0.130 e. The van der Waals surface area contributed by atoms with E-state index in [-0.39, 0.29) is 0 Å². The first-order valence-corrected chi connectivity index (χ1v) is 5.60. The molecule has 0 bridgehead atoms. The van der Waals surface area contributed by atoms with Crippen LogP contribution in [0.15, 0.2) is 18.2 Å². The van der Waals surface area contributed by atoms with Gasteiger partial charge in [-0.2, -0.15) is 0 Å². The molecular formula is C12H21N3. The zero-order valence-electron chi connectivity index (χ0n) is 10.1. The van der Waals surface area contributed by atoms with Gasteiger partial charge in [0.15, 0.2) is 0 Å². The van der Waals surface area contributed by atoms with Gasteiger partial charge in [0.25, 0.3) is 0 Å². The van der Waals surface area contributed by atoms with Crippen molar-refractivity contribution >= 4 is 11.6 Å². The lowest BCUT2D eigenvalue weighted by atomic mass is 10.1. The smallest absolute Gasteiger partial charge is 0.130 e.